The number of hydrogen-bond acceptors (Lipinski definition) is 3. The number of nitrogens with one attached hydrogen (secondary N) is 2. The van der Waals surface area contributed by atoms with E-state index in [1.807, 2.05) is 0 Å². The maximum Gasteiger partial charge on any atom is 0.239 e. The lowest BCUT2D eigenvalue weighted by Crippen LogP contribution is -2.51. The zero-order chi connectivity index (χ0) is 13.0. The van der Waals surface area contributed by atoms with Crippen molar-refractivity contribution in [3.63, 3.8) is 0 Å². The number of likely N-dealkylation sites (tertiary alicyclic amines) is 1. The van der Waals surface area contributed by atoms with E-state index in [9.17, 15) is 9.59 Å². The molecule has 110 valence electrons. The largest absolute Gasteiger partial charge is 0.351 e. The molecule has 0 aromatic rings. The van der Waals surface area contributed by atoms with E-state index in [0.29, 0.717) is 12.3 Å². The van der Waals surface area contributed by atoms with Gasteiger partial charge in [0.05, 0.1) is 6.54 Å². The normalized spacial score (nSPS) is 27.6. The van der Waals surface area contributed by atoms with Crippen LogP contribution in [-0.2, 0) is 9.59 Å². The van der Waals surface area contributed by atoms with Gasteiger partial charge in [0.2, 0.25) is 11.8 Å². The third-order valence-corrected chi connectivity index (χ3v) is 3.89. The second-order valence-electron chi connectivity index (χ2n) is 5.42. The molecule has 2 saturated heterocycles. The van der Waals surface area contributed by atoms with Gasteiger partial charge in [0.1, 0.15) is 0 Å². The molecule has 2 unspecified atom stereocenters. The summed E-state index contributed by atoms with van der Waals surface area (Å²) in [7, 11) is 0. The lowest BCUT2D eigenvalue weighted by molar-refractivity contribution is -0.138. The van der Waals surface area contributed by atoms with Crippen LogP contribution < -0.4 is 10.6 Å². The Kier molecular flexibility index (Phi) is 6.58. The first-order valence-electron chi connectivity index (χ1n) is 6.94. The number of piperidine rings is 2. The van der Waals surface area contributed by atoms with Gasteiger partial charge in [0.15, 0.2) is 0 Å². The number of hydrogen-bond donors (Lipinski definition) is 2. The van der Waals surface area contributed by atoms with E-state index in [1.165, 1.54) is 0 Å². The topological polar surface area (TPSA) is 61.4 Å². The molecule has 2 heterocycles. The van der Waals surface area contributed by atoms with Crippen LogP contribution >= 0.6 is 12.4 Å². The predicted octanol–water partition coefficient (Wildman–Crippen LogP) is 0.535. The molecule has 2 N–H and O–H groups in total. The maximum absolute atomic E-state index is 11.9. The van der Waals surface area contributed by atoms with E-state index in [2.05, 4.69) is 17.6 Å². The third-order valence-electron chi connectivity index (χ3n) is 3.89. The lowest BCUT2D eigenvalue weighted by atomic mass is 9.95. The van der Waals surface area contributed by atoms with Crippen LogP contribution in [0.3, 0.4) is 0 Å². The SMILES string of the molecule is CC1CNCCC1NC(=O)CN1CCCCC1=O.Cl. The first-order chi connectivity index (χ1) is 8.66. The van der Waals surface area contributed by atoms with Crippen molar-refractivity contribution >= 4 is 24.2 Å². The van der Waals surface area contributed by atoms with Crippen LogP contribution in [0.2, 0.25) is 0 Å². The zero-order valence-electron chi connectivity index (χ0n) is 11.5. The van der Waals surface area contributed by atoms with Crippen LogP contribution in [0.25, 0.3) is 0 Å². The van der Waals surface area contributed by atoms with E-state index < -0.39 is 0 Å². The average molecular weight is 290 g/mol. The molecule has 6 heteroatoms. The Morgan fingerprint density at radius 1 is 1.47 bits per heavy atom. The average Bonchev–Trinajstić information content (AvgIpc) is 2.35. The predicted molar refractivity (Wildman–Crippen MR) is 76.3 cm³/mol. The highest BCUT2D eigenvalue weighted by molar-refractivity contribution is 5.85. The van der Waals surface area contributed by atoms with Crippen molar-refractivity contribution in [1.29, 1.82) is 0 Å². The number of carbonyl (C=O) groups excluding carboxylic acids is 2. The Bertz CT molecular complexity index is 325. The summed E-state index contributed by atoms with van der Waals surface area (Å²) in [4.78, 5) is 25.3. The summed E-state index contributed by atoms with van der Waals surface area (Å²) >= 11 is 0. The number of nitrogens with zero attached hydrogens (tertiary/aromatic N) is 1. The van der Waals surface area contributed by atoms with Gasteiger partial charge in [-0.2, -0.15) is 0 Å². The molecule has 0 aromatic carbocycles. The number of rotatable bonds is 3. The molecule has 19 heavy (non-hydrogen) atoms. The molecule has 5 nitrogen and oxygen atoms in total. The van der Waals surface area contributed by atoms with Gasteiger partial charge in [0, 0.05) is 19.0 Å². The summed E-state index contributed by atoms with van der Waals surface area (Å²) in [6.07, 6.45) is 3.54. The standard InChI is InChI=1S/C13H23N3O2.ClH/c1-10-8-14-6-5-11(10)15-12(17)9-16-7-3-2-4-13(16)18;/h10-11,14H,2-9H2,1H3,(H,15,17);1H. The minimum atomic E-state index is -0.0102. The van der Waals surface area contributed by atoms with Gasteiger partial charge in [0.25, 0.3) is 0 Å². The number of amides is 2. The lowest BCUT2D eigenvalue weighted by Gasteiger charge is -2.32. The summed E-state index contributed by atoms with van der Waals surface area (Å²) in [6, 6.07) is 0.249. The summed E-state index contributed by atoms with van der Waals surface area (Å²) in [5.74, 6) is 0.568. The van der Waals surface area contributed by atoms with Gasteiger partial charge in [-0.25, -0.2) is 0 Å². The summed E-state index contributed by atoms with van der Waals surface area (Å²) in [5, 5.41) is 6.37. The Balaban J connectivity index is 0.00000180. The van der Waals surface area contributed by atoms with Crippen molar-refractivity contribution in [2.75, 3.05) is 26.2 Å². The van der Waals surface area contributed by atoms with Gasteiger partial charge in [-0.05, 0) is 38.3 Å². The third kappa shape index (κ3) is 4.66. The maximum atomic E-state index is 11.9. The van der Waals surface area contributed by atoms with E-state index in [1.54, 1.807) is 4.90 Å². The molecule has 0 radical (unpaired) electrons. The summed E-state index contributed by atoms with van der Waals surface area (Å²) in [6.45, 7) is 5.01. The highest BCUT2D eigenvalue weighted by Gasteiger charge is 2.25. The van der Waals surface area contributed by atoms with E-state index in [-0.39, 0.29) is 36.8 Å². The molecule has 2 rings (SSSR count). The minimum absolute atomic E-state index is 0. The van der Waals surface area contributed by atoms with Crippen molar-refractivity contribution < 1.29 is 9.59 Å². The van der Waals surface area contributed by atoms with E-state index in [4.69, 9.17) is 0 Å². The van der Waals surface area contributed by atoms with Gasteiger partial charge in [-0.3, -0.25) is 9.59 Å². The Hall–Kier alpha value is -0.810. The Morgan fingerprint density at radius 3 is 2.95 bits per heavy atom. The van der Waals surface area contributed by atoms with Crippen molar-refractivity contribution in [3.8, 4) is 0 Å². The first-order valence-corrected chi connectivity index (χ1v) is 6.94. The second-order valence-corrected chi connectivity index (χ2v) is 5.42. The zero-order valence-corrected chi connectivity index (χ0v) is 12.3. The van der Waals surface area contributed by atoms with Crippen LogP contribution in [0.4, 0.5) is 0 Å². The fraction of sp³-hybridized carbons (Fsp3) is 0.846. The van der Waals surface area contributed by atoms with Crippen LogP contribution in [0.5, 0.6) is 0 Å². The fourth-order valence-corrected chi connectivity index (χ4v) is 2.68. The molecular formula is C13H24ClN3O2. The number of carbonyl (C=O) groups is 2. The van der Waals surface area contributed by atoms with Crippen LogP contribution in [0, 0.1) is 5.92 Å². The molecule has 0 bridgehead atoms. The molecular weight excluding hydrogens is 266 g/mol. The Morgan fingerprint density at radius 2 is 2.26 bits per heavy atom. The molecule has 2 amide bonds. The molecule has 2 aliphatic rings. The monoisotopic (exact) mass is 289 g/mol. The molecule has 0 spiro atoms. The van der Waals surface area contributed by atoms with Gasteiger partial charge in [-0.1, -0.05) is 6.92 Å². The molecule has 0 saturated carbocycles. The second kappa shape index (κ2) is 7.70. The quantitative estimate of drug-likeness (QED) is 0.797. The number of halogens is 1. The fourth-order valence-electron chi connectivity index (χ4n) is 2.68. The summed E-state index contributed by atoms with van der Waals surface area (Å²) < 4.78 is 0. The Labute approximate surface area is 120 Å². The van der Waals surface area contributed by atoms with Gasteiger partial charge in [-0.15, -0.1) is 12.4 Å². The first kappa shape index (κ1) is 16.2. The van der Waals surface area contributed by atoms with Crippen LogP contribution in [0.1, 0.15) is 32.6 Å². The highest BCUT2D eigenvalue weighted by atomic mass is 35.5. The molecule has 2 aliphatic heterocycles. The molecule has 2 atom stereocenters. The van der Waals surface area contributed by atoms with Crippen LogP contribution in [-0.4, -0.2) is 48.9 Å². The van der Waals surface area contributed by atoms with E-state index >= 15 is 0 Å². The molecule has 0 aromatic heterocycles. The summed E-state index contributed by atoms with van der Waals surface area (Å²) in [5.41, 5.74) is 0. The minimum Gasteiger partial charge on any atom is -0.351 e. The van der Waals surface area contributed by atoms with E-state index in [0.717, 1.165) is 38.9 Å². The van der Waals surface area contributed by atoms with Crippen molar-refractivity contribution in [2.24, 2.45) is 5.92 Å². The van der Waals surface area contributed by atoms with Crippen molar-refractivity contribution in [1.82, 2.24) is 15.5 Å². The van der Waals surface area contributed by atoms with Gasteiger partial charge >= 0.3 is 0 Å². The van der Waals surface area contributed by atoms with Crippen molar-refractivity contribution in [2.45, 2.75) is 38.6 Å². The van der Waals surface area contributed by atoms with Crippen molar-refractivity contribution in [3.05, 3.63) is 0 Å². The smallest absolute Gasteiger partial charge is 0.239 e. The van der Waals surface area contributed by atoms with Gasteiger partial charge < -0.3 is 15.5 Å². The highest BCUT2D eigenvalue weighted by Crippen LogP contribution is 2.12. The molecule has 2 fully saturated rings. The molecule has 0 aliphatic carbocycles. The van der Waals surface area contributed by atoms with Crippen LogP contribution in [0.15, 0.2) is 0 Å².